The van der Waals surface area contributed by atoms with Gasteiger partial charge in [-0.3, -0.25) is 10.1 Å². The summed E-state index contributed by atoms with van der Waals surface area (Å²) in [5, 5.41) is 10.3. The van der Waals surface area contributed by atoms with Crippen LogP contribution in [0.5, 0.6) is 0 Å². The summed E-state index contributed by atoms with van der Waals surface area (Å²) in [4.78, 5) is 9.52. The molecule has 6 heteroatoms. The lowest BCUT2D eigenvalue weighted by Gasteiger charge is -2.17. The monoisotopic (exact) mass is 255 g/mol. The topological polar surface area (TPSA) is 43.1 Å². The van der Waals surface area contributed by atoms with Crippen molar-refractivity contribution in [2.45, 2.75) is 10.2 Å². The first-order valence-corrected chi connectivity index (χ1v) is 4.21. The normalized spacial score (nSPS) is 29.2. The first-order valence-electron chi connectivity index (χ1n) is 3.04. The van der Waals surface area contributed by atoms with Crippen molar-refractivity contribution >= 4 is 27.5 Å². The molecular weight excluding hydrogens is 252 g/mol. The van der Waals surface area contributed by atoms with Crippen molar-refractivity contribution in [3.05, 3.63) is 33.8 Å². The molecule has 1 aliphatic carbocycles. The first kappa shape index (κ1) is 9.67. The van der Waals surface area contributed by atoms with Crippen molar-refractivity contribution in [1.82, 2.24) is 0 Å². The van der Waals surface area contributed by atoms with Gasteiger partial charge in [0.2, 0.25) is 0 Å². The van der Waals surface area contributed by atoms with E-state index in [1.165, 1.54) is 6.08 Å². The van der Waals surface area contributed by atoms with E-state index in [9.17, 15) is 14.5 Å². The van der Waals surface area contributed by atoms with Gasteiger partial charge in [-0.1, -0.05) is 33.6 Å². The van der Waals surface area contributed by atoms with Crippen LogP contribution in [0.4, 0.5) is 4.39 Å². The molecule has 1 aliphatic rings. The molecule has 1 atom stereocenters. The maximum absolute atomic E-state index is 12.8. The summed E-state index contributed by atoms with van der Waals surface area (Å²) in [5.41, 5.74) is -0.633. The molecule has 0 aliphatic heterocycles. The van der Waals surface area contributed by atoms with Crippen molar-refractivity contribution in [3.63, 3.8) is 0 Å². The highest BCUT2D eigenvalue weighted by atomic mass is 79.9. The Kier molecular flexibility index (Phi) is 2.53. The molecule has 1 rings (SSSR count). The SMILES string of the molecule is O=[N+]([O-])C1=C(F)C=CCC1(Cl)Br. The number of alkyl halides is 2. The molecular formula is C6H4BrClFNO2. The predicted molar refractivity (Wildman–Crippen MR) is 46.4 cm³/mol. The summed E-state index contributed by atoms with van der Waals surface area (Å²) in [6, 6.07) is 0. The average molecular weight is 256 g/mol. The third-order valence-corrected chi connectivity index (χ3v) is 2.43. The largest absolute Gasteiger partial charge is 0.313 e. The molecule has 1 unspecified atom stereocenters. The van der Waals surface area contributed by atoms with E-state index in [0.717, 1.165) is 6.08 Å². The molecule has 12 heavy (non-hydrogen) atoms. The number of halogens is 3. The van der Waals surface area contributed by atoms with Gasteiger partial charge in [-0.25, -0.2) is 0 Å². The van der Waals surface area contributed by atoms with Crippen molar-refractivity contribution in [1.29, 1.82) is 0 Å². The van der Waals surface area contributed by atoms with E-state index >= 15 is 0 Å². The second-order valence-electron chi connectivity index (χ2n) is 2.26. The Bertz CT molecular complexity index is 287. The Morgan fingerprint density at radius 3 is 2.75 bits per heavy atom. The van der Waals surface area contributed by atoms with Gasteiger partial charge in [0.1, 0.15) is 0 Å². The maximum Gasteiger partial charge on any atom is 0.313 e. The minimum atomic E-state index is -1.41. The van der Waals surface area contributed by atoms with Gasteiger partial charge in [0.25, 0.3) is 0 Å². The van der Waals surface area contributed by atoms with Crippen LogP contribution in [0.25, 0.3) is 0 Å². The molecule has 0 fully saturated rings. The van der Waals surface area contributed by atoms with E-state index < -0.39 is 20.2 Å². The summed E-state index contributed by atoms with van der Waals surface area (Å²) in [6.07, 6.45) is 2.67. The summed E-state index contributed by atoms with van der Waals surface area (Å²) in [6.45, 7) is 0. The smallest absolute Gasteiger partial charge is 0.258 e. The van der Waals surface area contributed by atoms with Crippen LogP contribution < -0.4 is 0 Å². The minimum absolute atomic E-state index is 0.193. The highest BCUT2D eigenvalue weighted by molar-refractivity contribution is 9.10. The van der Waals surface area contributed by atoms with Gasteiger partial charge in [-0.05, 0) is 6.08 Å². The van der Waals surface area contributed by atoms with E-state index in [4.69, 9.17) is 11.6 Å². The number of nitro groups is 1. The van der Waals surface area contributed by atoms with E-state index in [1.807, 2.05) is 0 Å². The van der Waals surface area contributed by atoms with Gasteiger partial charge >= 0.3 is 5.70 Å². The van der Waals surface area contributed by atoms with Crippen molar-refractivity contribution in [2.24, 2.45) is 0 Å². The lowest BCUT2D eigenvalue weighted by atomic mass is 10.1. The molecule has 0 saturated carbocycles. The van der Waals surface area contributed by atoms with Gasteiger partial charge in [0.05, 0.1) is 4.92 Å². The first-order chi connectivity index (χ1) is 5.45. The Morgan fingerprint density at radius 2 is 2.42 bits per heavy atom. The number of allylic oxidation sites excluding steroid dienone is 4. The van der Waals surface area contributed by atoms with E-state index in [-0.39, 0.29) is 6.42 Å². The maximum atomic E-state index is 12.8. The fourth-order valence-electron chi connectivity index (χ4n) is 0.881. The van der Waals surface area contributed by atoms with Crippen molar-refractivity contribution < 1.29 is 9.31 Å². The van der Waals surface area contributed by atoms with Gasteiger partial charge in [0.15, 0.2) is 9.61 Å². The molecule has 0 amide bonds. The van der Waals surface area contributed by atoms with Crippen LogP contribution in [-0.2, 0) is 0 Å². The van der Waals surface area contributed by atoms with E-state index in [1.54, 1.807) is 0 Å². The third kappa shape index (κ3) is 1.67. The molecule has 66 valence electrons. The molecule has 0 saturated heterocycles. The Morgan fingerprint density at radius 1 is 1.83 bits per heavy atom. The van der Waals surface area contributed by atoms with Gasteiger partial charge < -0.3 is 0 Å². The van der Waals surface area contributed by atoms with Crippen LogP contribution in [0.1, 0.15) is 6.42 Å². The van der Waals surface area contributed by atoms with E-state index in [0.29, 0.717) is 0 Å². The second-order valence-corrected chi connectivity index (χ2v) is 4.72. The average Bonchev–Trinajstić information content (AvgIpc) is 1.82. The summed E-state index contributed by atoms with van der Waals surface area (Å²) >= 11 is 8.53. The van der Waals surface area contributed by atoms with Gasteiger partial charge in [-0.15, -0.1) is 0 Å². The quantitative estimate of drug-likeness (QED) is 0.411. The van der Waals surface area contributed by atoms with Crippen LogP contribution in [-0.4, -0.2) is 8.71 Å². The lowest BCUT2D eigenvalue weighted by molar-refractivity contribution is -0.430. The molecule has 3 nitrogen and oxygen atoms in total. The zero-order valence-electron chi connectivity index (χ0n) is 5.76. The Hall–Kier alpha value is -0.420. The fourth-order valence-corrected chi connectivity index (χ4v) is 1.65. The minimum Gasteiger partial charge on any atom is -0.258 e. The second kappa shape index (κ2) is 3.14. The number of hydrogen-bond acceptors (Lipinski definition) is 2. The highest BCUT2D eigenvalue weighted by Crippen LogP contribution is 2.41. The number of rotatable bonds is 1. The zero-order chi connectivity index (χ0) is 9.35. The van der Waals surface area contributed by atoms with Crippen molar-refractivity contribution in [3.8, 4) is 0 Å². The van der Waals surface area contributed by atoms with Crippen molar-refractivity contribution in [2.75, 3.05) is 0 Å². The fraction of sp³-hybridized carbons (Fsp3) is 0.333. The van der Waals surface area contributed by atoms with Crippen LogP contribution in [0.3, 0.4) is 0 Å². The molecule has 0 bridgehead atoms. The molecule has 0 heterocycles. The van der Waals surface area contributed by atoms with E-state index in [2.05, 4.69) is 15.9 Å². The standard InChI is InChI=1S/C6H4BrClFNO2/c7-6(8)3-1-2-4(9)5(6)10(11)12/h1-2H,3H2. The molecule has 0 radical (unpaired) electrons. The van der Waals surface area contributed by atoms with Crippen LogP contribution in [0.15, 0.2) is 23.7 Å². The van der Waals surface area contributed by atoms with Crippen LogP contribution in [0.2, 0.25) is 0 Å². The van der Waals surface area contributed by atoms with Gasteiger partial charge in [-0.2, -0.15) is 4.39 Å². The molecule has 0 N–H and O–H groups in total. The Labute approximate surface area is 81.2 Å². The van der Waals surface area contributed by atoms with Gasteiger partial charge in [0, 0.05) is 6.42 Å². The molecule has 0 aromatic heterocycles. The summed E-state index contributed by atoms with van der Waals surface area (Å²) in [5.74, 6) is -0.905. The van der Waals surface area contributed by atoms with Crippen LogP contribution in [0, 0.1) is 10.1 Å². The Balaban J connectivity index is 3.17. The summed E-state index contributed by atoms with van der Waals surface area (Å²) in [7, 11) is 0. The lowest BCUT2D eigenvalue weighted by Crippen LogP contribution is -2.24. The summed E-state index contributed by atoms with van der Waals surface area (Å²) < 4.78 is 11.4. The molecule has 0 aromatic rings. The predicted octanol–water partition coefficient (Wildman–Crippen LogP) is 2.73. The van der Waals surface area contributed by atoms with Crippen LogP contribution >= 0.6 is 27.5 Å². The number of hydrogen-bond donors (Lipinski definition) is 0. The molecule has 0 aromatic carbocycles. The number of nitrogens with zero attached hydrogens (tertiary/aromatic N) is 1. The molecule has 0 spiro atoms. The third-order valence-electron chi connectivity index (χ3n) is 1.39. The zero-order valence-corrected chi connectivity index (χ0v) is 8.10. The highest BCUT2D eigenvalue weighted by Gasteiger charge is 2.42.